The standard InChI is InChI=1S/C19H17F6N7S2.Cu/c20-18(21,22)10-27-16(33)31-29-14(12-6-2-1-3-7-12)15(13-8-4-5-9-26-13)30-32-17(34)28-11-19(23,24)25;/h1-9H,10-11H2,(H2,27,31,33)(H2,28,32,34);/q;+2/p-2/b29-14+,30-15+;. The molecule has 2 N–H and O–H groups in total. The summed E-state index contributed by atoms with van der Waals surface area (Å²) in [4.78, 5) is 4.13. The van der Waals surface area contributed by atoms with Crippen molar-refractivity contribution in [2.75, 3.05) is 13.1 Å². The average molecular weight is 583 g/mol. The summed E-state index contributed by atoms with van der Waals surface area (Å²) in [5, 5.41) is 17.7. The third kappa shape index (κ3) is 11.9. The van der Waals surface area contributed by atoms with Gasteiger partial charge in [-0.1, -0.05) is 36.4 Å². The van der Waals surface area contributed by atoms with Gasteiger partial charge in [0.2, 0.25) is 0 Å². The summed E-state index contributed by atoms with van der Waals surface area (Å²) in [6.07, 6.45) is -7.63. The van der Waals surface area contributed by atoms with E-state index in [1.54, 1.807) is 42.5 Å². The van der Waals surface area contributed by atoms with Gasteiger partial charge >= 0.3 is 29.4 Å². The molecule has 0 aliphatic rings. The molecule has 0 aliphatic carbocycles. The largest absolute Gasteiger partial charge is 2.00 e. The van der Waals surface area contributed by atoms with Crippen molar-refractivity contribution < 1.29 is 43.4 Å². The fraction of sp³-hybridized carbons (Fsp3) is 0.211. The minimum Gasteiger partial charge on any atom is -0.741 e. The number of pyridine rings is 1. The molecule has 0 atom stereocenters. The number of benzene rings is 1. The second-order valence-corrected chi connectivity index (χ2v) is 7.00. The fourth-order valence-corrected chi connectivity index (χ4v) is 2.40. The summed E-state index contributed by atoms with van der Waals surface area (Å²) in [5.74, 6) is 0. The Kier molecular flexibility index (Phi) is 12.0. The van der Waals surface area contributed by atoms with E-state index in [9.17, 15) is 26.3 Å². The maximum atomic E-state index is 12.4. The van der Waals surface area contributed by atoms with E-state index in [-0.39, 0.29) is 34.2 Å². The molecule has 1 aromatic heterocycles. The van der Waals surface area contributed by atoms with Gasteiger partial charge in [0, 0.05) is 11.8 Å². The molecule has 2 rings (SSSR count). The Bertz CT molecular complexity index is 973. The summed E-state index contributed by atoms with van der Waals surface area (Å²) >= 11 is 9.53. The van der Waals surface area contributed by atoms with Crippen molar-refractivity contribution in [3.8, 4) is 0 Å². The van der Waals surface area contributed by atoms with E-state index in [2.05, 4.69) is 25.4 Å². The third-order valence-corrected chi connectivity index (χ3v) is 3.99. The molecule has 0 saturated carbocycles. The molecule has 0 fully saturated rings. The Morgan fingerprint density at radius 3 is 1.66 bits per heavy atom. The first-order chi connectivity index (χ1) is 15.9. The van der Waals surface area contributed by atoms with Crippen LogP contribution < -0.4 is 10.6 Å². The van der Waals surface area contributed by atoms with Gasteiger partial charge in [0.25, 0.3) is 0 Å². The topological polar surface area (TPSA) is 86.4 Å². The molecular formula is C19H15CuF6N7S2. The second-order valence-electron chi connectivity index (χ2n) is 6.23. The van der Waals surface area contributed by atoms with E-state index in [1.165, 1.54) is 12.3 Å². The quantitative estimate of drug-likeness (QED) is 0.131. The van der Waals surface area contributed by atoms with E-state index in [4.69, 9.17) is 25.3 Å². The number of alkyl halides is 6. The third-order valence-electron chi connectivity index (χ3n) is 3.54. The molecule has 1 heterocycles. The molecule has 191 valence electrons. The number of aromatic nitrogens is 1. The van der Waals surface area contributed by atoms with Gasteiger partial charge in [0.1, 0.15) is 24.5 Å². The Morgan fingerprint density at radius 1 is 0.714 bits per heavy atom. The maximum absolute atomic E-state index is 12.4. The Balaban J connectivity index is 0.00000612. The van der Waals surface area contributed by atoms with E-state index < -0.39 is 35.8 Å². The van der Waals surface area contributed by atoms with Crippen molar-refractivity contribution in [3.05, 3.63) is 66.0 Å². The molecule has 35 heavy (non-hydrogen) atoms. The molecule has 1 radical (unpaired) electrons. The summed E-state index contributed by atoms with van der Waals surface area (Å²) < 4.78 is 74.5. The summed E-state index contributed by atoms with van der Waals surface area (Å²) in [5.41, 5.74) is 0.513. The molecule has 2 aromatic rings. The van der Waals surface area contributed by atoms with Crippen molar-refractivity contribution >= 4 is 47.0 Å². The predicted octanol–water partition coefficient (Wildman–Crippen LogP) is 3.30. The minimum atomic E-state index is -4.53. The minimum absolute atomic E-state index is 0. The first-order valence-electron chi connectivity index (χ1n) is 9.18. The molecule has 1 aromatic carbocycles. The van der Waals surface area contributed by atoms with Gasteiger partial charge in [-0.25, -0.2) is 0 Å². The van der Waals surface area contributed by atoms with E-state index >= 15 is 0 Å². The molecule has 0 bridgehead atoms. The van der Waals surface area contributed by atoms with E-state index in [0.717, 1.165) is 0 Å². The number of halogens is 6. The number of amidine groups is 2. The summed E-state index contributed by atoms with van der Waals surface area (Å²) in [6.45, 7) is -2.83. The van der Waals surface area contributed by atoms with Gasteiger partial charge in [0.05, 0.1) is 5.69 Å². The molecule has 0 aliphatic heterocycles. The second kappa shape index (κ2) is 13.9. The van der Waals surface area contributed by atoms with Crippen LogP contribution in [0.5, 0.6) is 0 Å². The number of rotatable bonds is 7. The number of nitrogens with zero attached hydrogens (tertiary/aromatic N) is 5. The first kappa shape index (κ1) is 30.2. The van der Waals surface area contributed by atoms with Gasteiger partial charge in [-0.2, -0.15) is 36.5 Å². The molecule has 0 amide bonds. The SMILES string of the molecule is FC(F)(F)CN/C([S-])=N/N=C(/C(=N/N=C(\[S-])NCC(F)(F)F)c1ccccn1)c1ccccc1.[Cu+2]. The number of hydrogen-bond acceptors (Lipinski definition) is 7. The first-order valence-corrected chi connectivity index (χ1v) is 10.00. The Hall–Kier alpha value is -2.81. The van der Waals surface area contributed by atoms with Crippen molar-refractivity contribution in [1.82, 2.24) is 15.6 Å². The van der Waals surface area contributed by atoms with Gasteiger partial charge in [-0.15, -0.1) is 10.2 Å². The average Bonchev–Trinajstić information content (AvgIpc) is 2.78. The van der Waals surface area contributed by atoms with Gasteiger partial charge in [0.15, 0.2) is 0 Å². The van der Waals surface area contributed by atoms with Crippen LogP contribution in [0, 0.1) is 0 Å². The van der Waals surface area contributed by atoms with Crippen molar-refractivity contribution in [2.45, 2.75) is 12.4 Å². The van der Waals surface area contributed by atoms with Crippen molar-refractivity contribution in [3.63, 3.8) is 0 Å². The van der Waals surface area contributed by atoms with Crippen LogP contribution in [0.4, 0.5) is 26.3 Å². The molecule has 0 unspecified atom stereocenters. The molecule has 0 spiro atoms. The number of nitrogens with one attached hydrogen (secondary N) is 2. The predicted molar refractivity (Wildman–Crippen MR) is 121 cm³/mol. The van der Waals surface area contributed by atoms with Crippen LogP contribution in [0.25, 0.3) is 0 Å². The van der Waals surface area contributed by atoms with Crippen molar-refractivity contribution in [2.24, 2.45) is 20.4 Å². The van der Waals surface area contributed by atoms with Crippen LogP contribution in [0.2, 0.25) is 0 Å². The van der Waals surface area contributed by atoms with Crippen LogP contribution in [-0.4, -0.2) is 52.2 Å². The monoisotopic (exact) mass is 582 g/mol. The van der Waals surface area contributed by atoms with Gasteiger partial charge in [-0.3, -0.25) is 4.98 Å². The van der Waals surface area contributed by atoms with Crippen LogP contribution in [0.1, 0.15) is 11.3 Å². The molecular weight excluding hydrogens is 568 g/mol. The zero-order chi connectivity index (χ0) is 25.2. The molecule has 0 saturated heterocycles. The van der Waals surface area contributed by atoms with Gasteiger partial charge in [-0.05, 0) is 22.5 Å². The van der Waals surface area contributed by atoms with Gasteiger partial charge < -0.3 is 35.9 Å². The maximum Gasteiger partial charge on any atom is 2.00 e. The Labute approximate surface area is 217 Å². The van der Waals surface area contributed by atoms with Crippen LogP contribution in [0.3, 0.4) is 0 Å². The Morgan fingerprint density at radius 2 is 1.20 bits per heavy atom. The zero-order valence-electron chi connectivity index (χ0n) is 17.2. The van der Waals surface area contributed by atoms with Crippen LogP contribution in [0.15, 0.2) is 75.1 Å². The molecule has 16 heteroatoms. The fourth-order valence-electron chi connectivity index (χ4n) is 2.17. The van der Waals surface area contributed by atoms with E-state index in [0.29, 0.717) is 5.56 Å². The normalized spacial score (nSPS) is 13.8. The van der Waals surface area contributed by atoms with Crippen LogP contribution in [-0.2, 0) is 42.3 Å². The molecule has 7 nitrogen and oxygen atoms in total. The summed E-state index contributed by atoms with van der Waals surface area (Å²) in [7, 11) is 0. The van der Waals surface area contributed by atoms with Crippen LogP contribution >= 0.6 is 0 Å². The smallest absolute Gasteiger partial charge is 0.741 e. The van der Waals surface area contributed by atoms with E-state index in [1.807, 2.05) is 10.6 Å². The summed E-state index contributed by atoms with van der Waals surface area (Å²) in [6, 6.07) is 12.9. The zero-order valence-corrected chi connectivity index (χ0v) is 19.8. The number of hydrogen-bond donors (Lipinski definition) is 2. The van der Waals surface area contributed by atoms with Crippen molar-refractivity contribution in [1.29, 1.82) is 0 Å².